The number of hydrogen-bond acceptors (Lipinski definition) is 5. The van der Waals surface area contributed by atoms with Gasteiger partial charge in [-0.1, -0.05) is 17.8 Å². The van der Waals surface area contributed by atoms with E-state index in [-0.39, 0.29) is 5.91 Å². The molecule has 0 atom stereocenters. The first-order chi connectivity index (χ1) is 11.7. The summed E-state index contributed by atoms with van der Waals surface area (Å²) in [5.41, 5.74) is 0.991. The van der Waals surface area contributed by atoms with Crippen LogP contribution in [-0.2, 0) is 24.8 Å². The van der Waals surface area contributed by atoms with Crippen molar-refractivity contribution in [2.24, 2.45) is 7.05 Å². The zero-order chi connectivity index (χ0) is 16.9. The zero-order valence-corrected chi connectivity index (χ0v) is 15.2. The van der Waals surface area contributed by atoms with Crippen LogP contribution in [0, 0.1) is 0 Å². The second-order valence-corrected chi connectivity index (χ2v) is 7.04. The minimum Gasteiger partial charge on any atom is -0.460 e. The molecule has 3 heterocycles. The topological polar surface area (TPSA) is 60.1 Å². The maximum Gasteiger partial charge on any atom is 0.220 e. The van der Waals surface area contributed by atoms with Gasteiger partial charge in [-0.25, -0.2) is 4.98 Å². The second kappa shape index (κ2) is 7.72. The molecule has 7 heteroatoms. The van der Waals surface area contributed by atoms with E-state index in [1.165, 1.54) is 0 Å². The van der Waals surface area contributed by atoms with Gasteiger partial charge in [0.15, 0.2) is 5.16 Å². The summed E-state index contributed by atoms with van der Waals surface area (Å²) >= 11 is 3.23. The Kier molecular flexibility index (Phi) is 5.42. The molecular weight excluding hydrogens is 342 g/mol. The number of nitrogens with one attached hydrogen (secondary N) is 1. The van der Waals surface area contributed by atoms with Crippen molar-refractivity contribution in [3.05, 3.63) is 47.3 Å². The lowest BCUT2D eigenvalue weighted by Crippen LogP contribution is -2.24. The van der Waals surface area contributed by atoms with Crippen LogP contribution < -0.4 is 5.32 Å². The van der Waals surface area contributed by atoms with E-state index in [9.17, 15) is 4.79 Å². The van der Waals surface area contributed by atoms with Gasteiger partial charge in [0.1, 0.15) is 11.5 Å². The minimum absolute atomic E-state index is 0.0102. The summed E-state index contributed by atoms with van der Waals surface area (Å²) in [4.78, 5) is 17.4. The summed E-state index contributed by atoms with van der Waals surface area (Å²) in [5, 5.41) is 5.89. The van der Waals surface area contributed by atoms with Crippen molar-refractivity contribution in [2.45, 2.75) is 24.5 Å². The fraction of sp³-hybridized carbons (Fsp3) is 0.294. The first-order valence-corrected chi connectivity index (χ1v) is 9.71. The van der Waals surface area contributed by atoms with Gasteiger partial charge in [-0.05, 0) is 29.8 Å². The van der Waals surface area contributed by atoms with Gasteiger partial charge >= 0.3 is 0 Å². The van der Waals surface area contributed by atoms with Gasteiger partial charge < -0.3 is 14.3 Å². The van der Waals surface area contributed by atoms with Gasteiger partial charge in [-0.3, -0.25) is 4.79 Å². The number of hydrogen-bond donors (Lipinski definition) is 1. The van der Waals surface area contributed by atoms with Crippen molar-refractivity contribution >= 4 is 29.0 Å². The highest BCUT2D eigenvalue weighted by molar-refractivity contribution is 7.98. The van der Waals surface area contributed by atoms with Crippen LogP contribution in [0.4, 0.5) is 0 Å². The number of thiophene rings is 1. The molecule has 0 aliphatic carbocycles. The van der Waals surface area contributed by atoms with Crippen LogP contribution in [0.15, 0.2) is 45.4 Å². The van der Waals surface area contributed by atoms with Gasteiger partial charge in [0.25, 0.3) is 0 Å². The molecule has 0 unspecified atom stereocenters. The maximum atomic E-state index is 12.0. The normalized spacial score (nSPS) is 10.9. The smallest absolute Gasteiger partial charge is 0.220 e. The number of rotatable bonds is 7. The van der Waals surface area contributed by atoms with Crippen LogP contribution in [0.3, 0.4) is 0 Å². The van der Waals surface area contributed by atoms with Gasteiger partial charge in [0.2, 0.25) is 5.91 Å². The summed E-state index contributed by atoms with van der Waals surface area (Å²) in [7, 11) is 1.95. The third kappa shape index (κ3) is 3.91. The third-order valence-corrected chi connectivity index (χ3v) is 5.34. The van der Waals surface area contributed by atoms with Crippen molar-refractivity contribution < 1.29 is 9.21 Å². The molecule has 126 valence electrons. The number of carbonyl (C=O) groups excluding carboxylic acids is 1. The predicted octanol–water partition coefficient (Wildman–Crippen LogP) is 3.71. The number of amides is 1. The fourth-order valence-corrected chi connectivity index (χ4v) is 3.59. The molecule has 0 saturated carbocycles. The van der Waals surface area contributed by atoms with E-state index < -0.39 is 0 Å². The lowest BCUT2D eigenvalue weighted by atomic mass is 10.2. The van der Waals surface area contributed by atoms with Crippen LogP contribution in [0.25, 0.3) is 10.6 Å². The van der Waals surface area contributed by atoms with Crippen LogP contribution in [0.2, 0.25) is 0 Å². The van der Waals surface area contributed by atoms with Crippen molar-refractivity contribution in [2.75, 3.05) is 6.26 Å². The predicted molar refractivity (Wildman–Crippen MR) is 97.2 cm³/mol. The SMILES string of the molecule is CSc1ncc(CNC(=O)CCc2ccc(-c3cccs3)o2)n1C. The standard InChI is InChI=1S/C17H19N3O2S2/c1-20-12(11-19-17(20)23-2)10-18-16(21)8-6-13-5-7-14(22-13)15-4-3-9-24-15/h3-5,7,9,11H,6,8,10H2,1-2H3,(H,18,21). The quantitative estimate of drug-likeness (QED) is 0.652. The molecule has 1 amide bonds. The number of carbonyl (C=O) groups is 1. The molecule has 0 aliphatic heterocycles. The molecule has 3 aromatic rings. The number of furan rings is 1. The summed E-state index contributed by atoms with van der Waals surface area (Å²) in [5.74, 6) is 1.70. The Balaban J connectivity index is 1.48. The number of imidazole rings is 1. The van der Waals surface area contributed by atoms with Crippen molar-refractivity contribution in [3.8, 4) is 10.6 Å². The monoisotopic (exact) mass is 361 g/mol. The molecular formula is C17H19N3O2S2. The van der Waals surface area contributed by atoms with Gasteiger partial charge in [0, 0.05) is 19.9 Å². The number of aromatic nitrogens is 2. The lowest BCUT2D eigenvalue weighted by molar-refractivity contribution is -0.121. The molecule has 0 radical (unpaired) electrons. The highest BCUT2D eigenvalue weighted by Crippen LogP contribution is 2.26. The molecule has 0 aromatic carbocycles. The molecule has 0 bridgehead atoms. The molecule has 1 N–H and O–H groups in total. The molecule has 0 aliphatic rings. The average molecular weight is 361 g/mol. The van der Waals surface area contributed by atoms with E-state index in [4.69, 9.17) is 4.42 Å². The zero-order valence-electron chi connectivity index (χ0n) is 13.6. The molecule has 3 aromatic heterocycles. The fourth-order valence-electron chi connectivity index (χ4n) is 2.36. The average Bonchev–Trinajstić information content (AvgIpc) is 3.31. The van der Waals surface area contributed by atoms with Gasteiger partial charge in [0.05, 0.1) is 23.3 Å². The summed E-state index contributed by atoms with van der Waals surface area (Å²) < 4.78 is 7.78. The first kappa shape index (κ1) is 16.9. The van der Waals surface area contributed by atoms with E-state index in [0.717, 1.165) is 27.2 Å². The van der Waals surface area contributed by atoms with E-state index in [0.29, 0.717) is 19.4 Å². The summed E-state index contributed by atoms with van der Waals surface area (Å²) in [6.07, 6.45) is 4.79. The Labute approximate surface area is 149 Å². The van der Waals surface area contributed by atoms with Crippen LogP contribution in [-0.4, -0.2) is 21.7 Å². The van der Waals surface area contributed by atoms with E-state index in [1.807, 2.05) is 47.5 Å². The highest BCUT2D eigenvalue weighted by atomic mass is 32.2. The Morgan fingerprint density at radius 1 is 1.42 bits per heavy atom. The summed E-state index contributed by atoms with van der Waals surface area (Å²) in [6, 6.07) is 7.92. The Bertz CT molecular complexity index is 806. The van der Waals surface area contributed by atoms with Crippen molar-refractivity contribution in [1.82, 2.24) is 14.9 Å². The second-order valence-electron chi connectivity index (χ2n) is 5.32. The first-order valence-electron chi connectivity index (χ1n) is 7.61. The number of aryl methyl sites for hydroxylation is 1. The van der Waals surface area contributed by atoms with Crippen LogP contribution in [0.5, 0.6) is 0 Å². The Morgan fingerprint density at radius 3 is 3.00 bits per heavy atom. The molecule has 24 heavy (non-hydrogen) atoms. The number of thioether (sulfide) groups is 1. The highest BCUT2D eigenvalue weighted by Gasteiger charge is 2.10. The number of nitrogens with zero attached hydrogens (tertiary/aromatic N) is 2. The lowest BCUT2D eigenvalue weighted by Gasteiger charge is -2.06. The molecule has 0 spiro atoms. The van der Waals surface area contributed by atoms with Crippen molar-refractivity contribution in [1.29, 1.82) is 0 Å². The Hall–Kier alpha value is -1.99. The molecule has 0 fully saturated rings. The van der Waals surface area contributed by atoms with Crippen LogP contribution >= 0.6 is 23.1 Å². The molecule has 5 nitrogen and oxygen atoms in total. The maximum absolute atomic E-state index is 12.0. The van der Waals surface area contributed by atoms with Gasteiger partial charge in [-0.15, -0.1) is 11.3 Å². The van der Waals surface area contributed by atoms with Gasteiger partial charge in [-0.2, -0.15) is 0 Å². The van der Waals surface area contributed by atoms with E-state index in [1.54, 1.807) is 29.3 Å². The van der Waals surface area contributed by atoms with Crippen LogP contribution in [0.1, 0.15) is 17.9 Å². The van der Waals surface area contributed by atoms with Crippen molar-refractivity contribution in [3.63, 3.8) is 0 Å². The summed E-state index contributed by atoms with van der Waals surface area (Å²) in [6.45, 7) is 0.488. The minimum atomic E-state index is 0.0102. The Morgan fingerprint density at radius 2 is 2.29 bits per heavy atom. The molecule has 3 rings (SSSR count). The molecule has 0 saturated heterocycles. The van der Waals surface area contributed by atoms with E-state index >= 15 is 0 Å². The largest absolute Gasteiger partial charge is 0.460 e. The third-order valence-electron chi connectivity index (χ3n) is 3.72. The van der Waals surface area contributed by atoms with E-state index in [2.05, 4.69) is 10.3 Å².